The third kappa shape index (κ3) is 3.35. The highest BCUT2D eigenvalue weighted by molar-refractivity contribution is 9.10. The summed E-state index contributed by atoms with van der Waals surface area (Å²) in [6.45, 7) is 4.02. The number of rotatable bonds is 4. The van der Waals surface area contributed by atoms with Crippen molar-refractivity contribution in [3.8, 4) is 11.5 Å². The Balaban J connectivity index is 2.31. The highest BCUT2D eigenvalue weighted by Crippen LogP contribution is 2.29. The Kier molecular flexibility index (Phi) is 4.73. The van der Waals surface area contributed by atoms with Crippen LogP contribution in [0.5, 0.6) is 11.5 Å². The van der Waals surface area contributed by atoms with E-state index in [1.54, 1.807) is 0 Å². The Morgan fingerprint density at radius 3 is 2.70 bits per heavy atom. The molecule has 0 saturated carbocycles. The maximum Gasteiger partial charge on any atom is 0.148 e. The van der Waals surface area contributed by atoms with Crippen molar-refractivity contribution in [2.45, 2.75) is 20.3 Å². The fourth-order valence-electron chi connectivity index (χ4n) is 1.83. The molecule has 0 spiro atoms. The first-order valence-corrected chi connectivity index (χ1v) is 7.45. The van der Waals surface area contributed by atoms with Crippen molar-refractivity contribution >= 4 is 33.1 Å². The molecule has 2 N–H and O–H groups in total. The third-order valence-corrected chi connectivity index (χ3v) is 3.72. The molecule has 0 radical (unpaired) electrons. The molecule has 1 aromatic heterocycles. The molecule has 20 heavy (non-hydrogen) atoms. The number of nitrogens with zero attached hydrogens (tertiary/aromatic N) is 1. The van der Waals surface area contributed by atoms with Crippen molar-refractivity contribution in [1.29, 1.82) is 0 Å². The molecular formula is C15H15BrN2OS. The lowest BCUT2D eigenvalue weighted by atomic mass is 10.2. The zero-order chi connectivity index (χ0) is 14.7. The van der Waals surface area contributed by atoms with Gasteiger partial charge in [0.25, 0.3) is 0 Å². The van der Waals surface area contributed by atoms with Crippen LogP contribution in [0, 0.1) is 6.92 Å². The highest BCUT2D eigenvalue weighted by Gasteiger charge is 2.08. The smallest absolute Gasteiger partial charge is 0.148 e. The first-order valence-electron chi connectivity index (χ1n) is 6.25. The van der Waals surface area contributed by atoms with Gasteiger partial charge in [-0.05, 0) is 59.6 Å². The molecule has 0 bridgehead atoms. The van der Waals surface area contributed by atoms with E-state index in [9.17, 15) is 0 Å². The molecule has 104 valence electrons. The van der Waals surface area contributed by atoms with Crippen molar-refractivity contribution in [3.05, 3.63) is 51.8 Å². The molecule has 0 fully saturated rings. The molecule has 0 aliphatic carbocycles. The lowest BCUT2D eigenvalue weighted by Crippen LogP contribution is -2.09. The number of thiocarbonyl (C=S) groups is 1. The first kappa shape index (κ1) is 14.9. The summed E-state index contributed by atoms with van der Waals surface area (Å²) in [6, 6.07) is 9.42. The first-order chi connectivity index (χ1) is 9.51. The number of aromatic nitrogens is 1. The number of hydrogen-bond acceptors (Lipinski definition) is 3. The van der Waals surface area contributed by atoms with Gasteiger partial charge in [-0.25, -0.2) is 0 Å². The lowest BCUT2D eigenvalue weighted by Gasteiger charge is -2.11. The second-order valence-electron chi connectivity index (χ2n) is 4.36. The molecule has 0 aliphatic heterocycles. The van der Waals surface area contributed by atoms with Crippen LogP contribution in [0.3, 0.4) is 0 Å². The zero-order valence-electron chi connectivity index (χ0n) is 11.3. The van der Waals surface area contributed by atoms with Crippen LogP contribution in [-0.2, 0) is 6.42 Å². The fraction of sp³-hybridized carbons (Fsp3) is 0.200. The summed E-state index contributed by atoms with van der Waals surface area (Å²) in [6.07, 6.45) is 0.823. The van der Waals surface area contributed by atoms with Gasteiger partial charge < -0.3 is 10.5 Å². The van der Waals surface area contributed by atoms with E-state index in [0.717, 1.165) is 39.3 Å². The van der Waals surface area contributed by atoms with E-state index in [4.69, 9.17) is 22.7 Å². The second-order valence-corrected chi connectivity index (χ2v) is 5.65. The molecule has 0 aliphatic rings. The zero-order valence-corrected chi connectivity index (χ0v) is 13.7. The summed E-state index contributed by atoms with van der Waals surface area (Å²) >= 11 is 8.42. The van der Waals surface area contributed by atoms with Gasteiger partial charge in [0.05, 0.1) is 5.69 Å². The molecule has 1 heterocycles. The Morgan fingerprint density at radius 2 is 2.10 bits per heavy atom. The molecular weight excluding hydrogens is 336 g/mol. The van der Waals surface area contributed by atoms with Crippen LogP contribution in [0.2, 0.25) is 0 Å². The second kappa shape index (κ2) is 6.33. The minimum absolute atomic E-state index is 0.356. The fourth-order valence-corrected chi connectivity index (χ4v) is 2.71. The average Bonchev–Trinajstić information content (AvgIpc) is 2.40. The summed E-state index contributed by atoms with van der Waals surface area (Å²) in [5.41, 5.74) is 8.36. The van der Waals surface area contributed by atoms with Gasteiger partial charge in [-0.2, -0.15) is 0 Å². The molecule has 2 aromatic rings. The molecule has 2 rings (SSSR count). The summed E-state index contributed by atoms with van der Waals surface area (Å²) in [4.78, 5) is 4.83. The molecule has 1 aromatic carbocycles. The van der Waals surface area contributed by atoms with Crippen molar-refractivity contribution in [1.82, 2.24) is 4.98 Å². The van der Waals surface area contributed by atoms with Crippen LogP contribution in [0.15, 0.2) is 34.8 Å². The normalized spacial score (nSPS) is 10.3. The maximum atomic E-state index is 5.89. The van der Waals surface area contributed by atoms with Gasteiger partial charge in [0.1, 0.15) is 16.5 Å². The van der Waals surface area contributed by atoms with Gasteiger partial charge in [0.2, 0.25) is 0 Å². The van der Waals surface area contributed by atoms with Crippen molar-refractivity contribution < 1.29 is 4.74 Å². The van der Waals surface area contributed by atoms with Crippen molar-refractivity contribution in [2.75, 3.05) is 0 Å². The average molecular weight is 351 g/mol. The number of benzene rings is 1. The minimum atomic E-state index is 0.356. The Bertz CT molecular complexity index is 658. The largest absolute Gasteiger partial charge is 0.455 e. The van der Waals surface area contributed by atoms with E-state index in [2.05, 4.69) is 27.8 Å². The van der Waals surface area contributed by atoms with Crippen molar-refractivity contribution in [3.63, 3.8) is 0 Å². The van der Waals surface area contributed by atoms with E-state index in [1.807, 2.05) is 37.3 Å². The number of hydrogen-bond donors (Lipinski definition) is 1. The SMILES string of the molecule is CCc1nc(C)ccc1Oc1ccc(C(N)=S)c(Br)c1. The summed E-state index contributed by atoms with van der Waals surface area (Å²) in [5, 5.41) is 0. The van der Waals surface area contributed by atoms with E-state index < -0.39 is 0 Å². The number of ether oxygens (including phenoxy) is 1. The van der Waals surface area contributed by atoms with Gasteiger partial charge in [-0.15, -0.1) is 0 Å². The predicted molar refractivity (Wildman–Crippen MR) is 88.5 cm³/mol. The predicted octanol–water partition coefficient (Wildman–Crippen LogP) is 4.14. The molecule has 3 nitrogen and oxygen atoms in total. The quantitative estimate of drug-likeness (QED) is 0.841. The molecule has 0 amide bonds. The summed E-state index contributed by atoms with van der Waals surface area (Å²) in [7, 11) is 0. The molecule has 0 unspecified atom stereocenters. The molecule has 0 saturated heterocycles. The highest BCUT2D eigenvalue weighted by atomic mass is 79.9. The monoisotopic (exact) mass is 350 g/mol. The van der Waals surface area contributed by atoms with Gasteiger partial charge in [0.15, 0.2) is 0 Å². The van der Waals surface area contributed by atoms with E-state index in [0.29, 0.717) is 4.99 Å². The number of pyridine rings is 1. The van der Waals surface area contributed by atoms with Gasteiger partial charge in [-0.1, -0.05) is 19.1 Å². The van der Waals surface area contributed by atoms with Crippen LogP contribution >= 0.6 is 28.1 Å². The summed E-state index contributed by atoms with van der Waals surface area (Å²) in [5.74, 6) is 1.49. The van der Waals surface area contributed by atoms with Crippen LogP contribution in [0.25, 0.3) is 0 Å². The standard InChI is InChI=1S/C15H15BrN2OS/c1-3-13-14(7-4-9(2)18-13)19-10-5-6-11(15(17)20)12(16)8-10/h4-8H,3H2,1-2H3,(H2,17,20). The number of halogens is 1. The van der Waals surface area contributed by atoms with Gasteiger partial charge in [0, 0.05) is 15.7 Å². The Hall–Kier alpha value is -1.46. The maximum absolute atomic E-state index is 5.89. The minimum Gasteiger partial charge on any atom is -0.455 e. The number of aryl methyl sites for hydroxylation is 2. The number of nitrogens with two attached hydrogens (primary N) is 1. The third-order valence-electron chi connectivity index (χ3n) is 2.84. The topological polar surface area (TPSA) is 48.1 Å². The van der Waals surface area contributed by atoms with Crippen LogP contribution in [0.1, 0.15) is 23.9 Å². The van der Waals surface area contributed by atoms with Gasteiger partial charge >= 0.3 is 0 Å². The summed E-state index contributed by atoms with van der Waals surface area (Å²) < 4.78 is 6.71. The van der Waals surface area contributed by atoms with E-state index in [-0.39, 0.29) is 0 Å². The molecule has 0 atom stereocenters. The van der Waals surface area contributed by atoms with Gasteiger partial charge in [-0.3, -0.25) is 4.98 Å². The van der Waals surface area contributed by atoms with Crippen LogP contribution in [-0.4, -0.2) is 9.97 Å². The van der Waals surface area contributed by atoms with E-state index in [1.165, 1.54) is 0 Å². The molecule has 5 heteroatoms. The van der Waals surface area contributed by atoms with Crippen LogP contribution in [0.4, 0.5) is 0 Å². The van der Waals surface area contributed by atoms with Crippen molar-refractivity contribution in [2.24, 2.45) is 5.73 Å². The Morgan fingerprint density at radius 1 is 1.35 bits per heavy atom. The lowest BCUT2D eigenvalue weighted by molar-refractivity contribution is 0.472. The van der Waals surface area contributed by atoms with E-state index >= 15 is 0 Å². The Labute approximate surface area is 132 Å². The van der Waals surface area contributed by atoms with Crippen LogP contribution < -0.4 is 10.5 Å².